The lowest BCUT2D eigenvalue weighted by molar-refractivity contribution is -0.120. The average Bonchev–Trinajstić information content (AvgIpc) is 3.04. The number of tetrazole rings is 1. The Morgan fingerprint density at radius 3 is 2.90 bits per heavy atom. The first kappa shape index (κ1) is 13.6. The maximum atomic E-state index is 13.9. The van der Waals surface area contributed by atoms with E-state index < -0.39 is 5.82 Å². The molecule has 1 aliphatic rings. The lowest BCUT2D eigenvalue weighted by atomic mass is 9.97. The summed E-state index contributed by atoms with van der Waals surface area (Å²) in [7, 11) is 0. The first-order valence-electron chi connectivity index (χ1n) is 6.78. The molecule has 8 heteroatoms. The molecule has 2 heterocycles. The van der Waals surface area contributed by atoms with E-state index in [0.29, 0.717) is 5.69 Å². The van der Waals surface area contributed by atoms with Gasteiger partial charge in [0.1, 0.15) is 12.1 Å². The fraction of sp³-hybridized carbons (Fsp3) is 0.385. The van der Waals surface area contributed by atoms with Gasteiger partial charge in [-0.15, -0.1) is 5.10 Å². The van der Waals surface area contributed by atoms with Gasteiger partial charge in [-0.25, -0.2) is 9.07 Å². The highest BCUT2D eigenvalue weighted by Crippen LogP contribution is 2.21. The fourth-order valence-electron chi connectivity index (χ4n) is 2.35. The fourth-order valence-corrected chi connectivity index (χ4v) is 2.35. The zero-order valence-electron chi connectivity index (χ0n) is 11.3. The number of anilines is 1. The number of carbonyl (C=O) groups is 1. The molecule has 0 aliphatic carbocycles. The van der Waals surface area contributed by atoms with E-state index in [1.807, 2.05) is 0 Å². The van der Waals surface area contributed by atoms with Crippen LogP contribution in [-0.4, -0.2) is 39.2 Å². The minimum Gasteiger partial charge on any atom is -0.323 e. The van der Waals surface area contributed by atoms with Crippen molar-refractivity contribution in [2.75, 3.05) is 18.4 Å². The summed E-state index contributed by atoms with van der Waals surface area (Å²) >= 11 is 0. The van der Waals surface area contributed by atoms with Crippen molar-refractivity contribution in [2.45, 2.75) is 12.8 Å². The molecule has 7 nitrogen and oxygen atoms in total. The molecular formula is C13H15FN6O. The number of aromatic nitrogens is 4. The summed E-state index contributed by atoms with van der Waals surface area (Å²) in [6.07, 6.45) is 2.94. The summed E-state index contributed by atoms with van der Waals surface area (Å²) in [5, 5.41) is 16.6. The van der Waals surface area contributed by atoms with Crippen molar-refractivity contribution < 1.29 is 9.18 Å². The number of amides is 1. The minimum atomic E-state index is -0.478. The standard InChI is InChI=1S/C13H15FN6O/c14-11-2-1-10(20-8-16-18-19-20)7-12(11)17-13(21)9-3-5-15-6-4-9/h1-2,7-9,15H,3-6H2,(H,17,21). The van der Waals surface area contributed by atoms with Crippen molar-refractivity contribution in [1.29, 1.82) is 0 Å². The maximum Gasteiger partial charge on any atom is 0.227 e. The molecule has 3 rings (SSSR count). The number of piperidine rings is 1. The van der Waals surface area contributed by atoms with E-state index >= 15 is 0 Å². The molecule has 1 aromatic carbocycles. The minimum absolute atomic E-state index is 0.0812. The van der Waals surface area contributed by atoms with Crippen molar-refractivity contribution in [3.63, 3.8) is 0 Å². The summed E-state index contributed by atoms with van der Waals surface area (Å²) in [5.41, 5.74) is 0.730. The molecule has 110 valence electrons. The lowest BCUT2D eigenvalue weighted by Crippen LogP contribution is -2.34. The van der Waals surface area contributed by atoms with Gasteiger partial charge in [0, 0.05) is 5.92 Å². The van der Waals surface area contributed by atoms with Crippen LogP contribution in [0.15, 0.2) is 24.5 Å². The van der Waals surface area contributed by atoms with Crippen LogP contribution in [0.1, 0.15) is 12.8 Å². The topological polar surface area (TPSA) is 84.7 Å². The van der Waals surface area contributed by atoms with Gasteiger partial charge in [0.05, 0.1) is 11.4 Å². The van der Waals surface area contributed by atoms with Gasteiger partial charge in [0.2, 0.25) is 5.91 Å². The van der Waals surface area contributed by atoms with Gasteiger partial charge in [-0.1, -0.05) is 0 Å². The molecule has 1 aromatic heterocycles. The van der Waals surface area contributed by atoms with Crippen molar-refractivity contribution >= 4 is 11.6 Å². The molecule has 0 saturated carbocycles. The monoisotopic (exact) mass is 290 g/mol. The summed E-state index contributed by atoms with van der Waals surface area (Å²) in [6, 6.07) is 4.35. The van der Waals surface area contributed by atoms with E-state index in [4.69, 9.17) is 0 Å². The highest BCUT2D eigenvalue weighted by molar-refractivity contribution is 5.93. The lowest BCUT2D eigenvalue weighted by Gasteiger charge is -2.22. The Balaban J connectivity index is 1.78. The summed E-state index contributed by atoms with van der Waals surface area (Å²) < 4.78 is 15.3. The summed E-state index contributed by atoms with van der Waals surface area (Å²) in [6.45, 7) is 1.62. The van der Waals surface area contributed by atoms with Crippen LogP contribution in [0.5, 0.6) is 0 Å². The number of halogens is 1. The Hall–Kier alpha value is -2.35. The van der Waals surface area contributed by atoms with Crippen molar-refractivity contribution in [2.24, 2.45) is 5.92 Å². The normalized spacial score (nSPS) is 15.9. The van der Waals surface area contributed by atoms with E-state index in [2.05, 4.69) is 26.2 Å². The van der Waals surface area contributed by atoms with Crippen LogP contribution < -0.4 is 10.6 Å². The third kappa shape index (κ3) is 3.05. The third-order valence-electron chi connectivity index (χ3n) is 3.53. The van der Waals surface area contributed by atoms with Crippen LogP contribution >= 0.6 is 0 Å². The predicted molar refractivity (Wildman–Crippen MR) is 73.3 cm³/mol. The maximum absolute atomic E-state index is 13.9. The number of carbonyl (C=O) groups excluding carboxylic acids is 1. The predicted octanol–water partition coefficient (Wildman–Crippen LogP) is 0.739. The molecule has 1 amide bonds. The zero-order chi connectivity index (χ0) is 14.7. The number of benzene rings is 1. The second-order valence-corrected chi connectivity index (χ2v) is 4.93. The van der Waals surface area contributed by atoms with Crippen LogP contribution in [-0.2, 0) is 4.79 Å². The molecule has 0 atom stereocenters. The van der Waals surface area contributed by atoms with Gasteiger partial charge in [-0.2, -0.15) is 0 Å². The Morgan fingerprint density at radius 1 is 1.38 bits per heavy atom. The van der Waals surface area contributed by atoms with Gasteiger partial charge in [-0.05, 0) is 54.6 Å². The second-order valence-electron chi connectivity index (χ2n) is 4.93. The number of hydrogen-bond donors (Lipinski definition) is 2. The summed E-state index contributed by atoms with van der Waals surface area (Å²) in [4.78, 5) is 12.2. The van der Waals surface area contributed by atoms with E-state index in [1.54, 1.807) is 6.07 Å². The van der Waals surface area contributed by atoms with Crippen LogP contribution in [0.3, 0.4) is 0 Å². The highest BCUT2D eigenvalue weighted by atomic mass is 19.1. The SMILES string of the molecule is O=C(Nc1cc(-n2cnnn2)ccc1F)C1CCNCC1. The Bertz CT molecular complexity index is 624. The van der Waals surface area contributed by atoms with Crippen LogP contribution in [0.2, 0.25) is 0 Å². The van der Waals surface area contributed by atoms with Gasteiger partial charge in [-0.3, -0.25) is 4.79 Å². The Morgan fingerprint density at radius 2 is 2.19 bits per heavy atom. The first-order valence-corrected chi connectivity index (χ1v) is 6.78. The molecular weight excluding hydrogens is 275 g/mol. The Kier molecular flexibility index (Phi) is 3.87. The van der Waals surface area contributed by atoms with E-state index in [0.717, 1.165) is 25.9 Å². The number of nitrogens with one attached hydrogen (secondary N) is 2. The van der Waals surface area contributed by atoms with Gasteiger partial charge in [0.15, 0.2) is 0 Å². The molecule has 0 unspecified atom stereocenters. The van der Waals surface area contributed by atoms with E-state index in [9.17, 15) is 9.18 Å². The van der Waals surface area contributed by atoms with Crippen LogP contribution in [0, 0.1) is 11.7 Å². The van der Waals surface area contributed by atoms with Gasteiger partial charge >= 0.3 is 0 Å². The molecule has 0 bridgehead atoms. The first-order chi connectivity index (χ1) is 10.2. The molecule has 0 radical (unpaired) electrons. The quantitative estimate of drug-likeness (QED) is 0.871. The molecule has 0 spiro atoms. The smallest absolute Gasteiger partial charge is 0.227 e. The number of hydrogen-bond acceptors (Lipinski definition) is 5. The van der Waals surface area contributed by atoms with Crippen LogP contribution in [0.4, 0.5) is 10.1 Å². The Labute approximate surface area is 120 Å². The molecule has 1 saturated heterocycles. The number of rotatable bonds is 3. The van der Waals surface area contributed by atoms with Gasteiger partial charge in [0.25, 0.3) is 0 Å². The average molecular weight is 290 g/mol. The van der Waals surface area contributed by atoms with Crippen molar-refractivity contribution in [3.05, 3.63) is 30.3 Å². The largest absolute Gasteiger partial charge is 0.323 e. The number of nitrogens with zero attached hydrogens (tertiary/aromatic N) is 4. The molecule has 1 fully saturated rings. The van der Waals surface area contributed by atoms with E-state index in [1.165, 1.54) is 23.1 Å². The zero-order valence-corrected chi connectivity index (χ0v) is 11.3. The third-order valence-corrected chi connectivity index (χ3v) is 3.53. The van der Waals surface area contributed by atoms with Crippen molar-refractivity contribution in [3.8, 4) is 5.69 Å². The molecule has 2 aromatic rings. The highest BCUT2D eigenvalue weighted by Gasteiger charge is 2.21. The van der Waals surface area contributed by atoms with Crippen LogP contribution in [0.25, 0.3) is 5.69 Å². The molecule has 21 heavy (non-hydrogen) atoms. The van der Waals surface area contributed by atoms with Crippen molar-refractivity contribution in [1.82, 2.24) is 25.5 Å². The van der Waals surface area contributed by atoms with Gasteiger partial charge < -0.3 is 10.6 Å². The summed E-state index contributed by atoms with van der Waals surface area (Å²) in [5.74, 6) is -0.708. The molecule has 1 aliphatic heterocycles. The molecule has 2 N–H and O–H groups in total. The second kappa shape index (κ2) is 5.96. The van der Waals surface area contributed by atoms with E-state index in [-0.39, 0.29) is 17.5 Å².